The fourth-order valence-electron chi connectivity index (χ4n) is 1.60. The highest BCUT2D eigenvalue weighted by Crippen LogP contribution is 2.15. The van der Waals surface area contributed by atoms with Gasteiger partial charge in [-0.3, -0.25) is 0 Å². The van der Waals surface area contributed by atoms with Gasteiger partial charge in [-0.1, -0.05) is 12.1 Å². The zero-order valence-corrected chi connectivity index (χ0v) is 10.6. The maximum Gasteiger partial charge on any atom is 0.132 e. The Balaban J connectivity index is 2.04. The summed E-state index contributed by atoms with van der Waals surface area (Å²) in [5.74, 6) is 1.65. The van der Waals surface area contributed by atoms with E-state index in [1.807, 2.05) is 38.1 Å². The van der Waals surface area contributed by atoms with Gasteiger partial charge in [0.1, 0.15) is 11.6 Å². The van der Waals surface area contributed by atoms with Crippen LogP contribution in [-0.2, 0) is 6.42 Å². The van der Waals surface area contributed by atoms with Crippen molar-refractivity contribution in [2.45, 2.75) is 26.4 Å². The third kappa shape index (κ3) is 3.45. The molecule has 1 heterocycles. The minimum absolute atomic E-state index is 0.191. The Labute approximate surface area is 107 Å². The van der Waals surface area contributed by atoms with Crippen molar-refractivity contribution in [3.63, 3.8) is 0 Å². The fraction of sp³-hybridized carbons (Fsp3) is 0.286. The molecule has 4 heteroatoms. The second-order valence-electron chi connectivity index (χ2n) is 4.42. The molecule has 0 fully saturated rings. The van der Waals surface area contributed by atoms with Gasteiger partial charge in [-0.05, 0) is 31.5 Å². The predicted molar refractivity (Wildman–Crippen MR) is 71.5 cm³/mol. The molecule has 0 aliphatic carbocycles. The van der Waals surface area contributed by atoms with E-state index in [4.69, 9.17) is 10.5 Å². The van der Waals surface area contributed by atoms with E-state index < -0.39 is 0 Å². The van der Waals surface area contributed by atoms with Gasteiger partial charge >= 0.3 is 0 Å². The van der Waals surface area contributed by atoms with Crippen LogP contribution in [0.5, 0.6) is 5.75 Å². The second-order valence-corrected chi connectivity index (χ2v) is 4.42. The minimum atomic E-state index is 0.191. The van der Waals surface area contributed by atoms with E-state index in [0.29, 0.717) is 12.1 Å². The molecule has 0 radical (unpaired) electrons. The van der Waals surface area contributed by atoms with E-state index in [1.165, 1.54) is 0 Å². The molecule has 0 aliphatic heterocycles. The number of anilines is 1. The van der Waals surface area contributed by atoms with Gasteiger partial charge in [0, 0.05) is 6.42 Å². The highest BCUT2D eigenvalue weighted by Gasteiger charge is 2.01. The highest BCUT2D eigenvalue weighted by molar-refractivity contribution is 5.32. The SMILES string of the molecule is CC(C)Oc1ccc(Cc2ncc(N)cn2)cc1. The van der Waals surface area contributed by atoms with E-state index >= 15 is 0 Å². The maximum absolute atomic E-state index is 5.59. The van der Waals surface area contributed by atoms with Crippen LogP contribution in [0.25, 0.3) is 0 Å². The molecular weight excluding hydrogens is 226 g/mol. The average Bonchev–Trinajstić information content (AvgIpc) is 2.34. The Kier molecular flexibility index (Phi) is 3.77. The first-order valence-corrected chi connectivity index (χ1v) is 5.95. The van der Waals surface area contributed by atoms with Gasteiger partial charge in [0.25, 0.3) is 0 Å². The third-order valence-corrected chi connectivity index (χ3v) is 2.38. The van der Waals surface area contributed by atoms with Crippen LogP contribution in [0.1, 0.15) is 25.2 Å². The molecule has 0 saturated carbocycles. The first-order valence-electron chi connectivity index (χ1n) is 5.95. The number of hydrogen-bond acceptors (Lipinski definition) is 4. The zero-order chi connectivity index (χ0) is 13.0. The molecule has 0 spiro atoms. The summed E-state index contributed by atoms with van der Waals surface area (Å²) in [4.78, 5) is 8.35. The monoisotopic (exact) mass is 243 g/mol. The highest BCUT2D eigenvalue weighted by atomic mass is 16.5. The standard InChI is InChI=1S/C14H17N3O/c1-10(2)18-13-5-3-11(4-6-13)7-14-16-8-12(15)9-17-14/h3-6,8-10H,7,15H2,1-2H3. The third-order valence-electron chi connectivity index (χ3n) is 2.38. The van der Waals surface area contributed by atoms with Crippen molar-refractivity contribution in [2.24, 2.45) is 0 Å². The van der Waals surface area contributed by atoms with Crippen LogP contribution in [0.15, 0.2) is 36.7 Å². The van der Waals surface area contributed by atoms with Gasteiger partial charge in [-0.2, -0.15) is 0 Å². The molecule has 0 amide bonds. The van der Waals surface area contributed by atoms with Gasteiger partial charge in [0.15, 0.2) is 0 Å². The van der Waals surface area contributed by atoms with E-state index in [1.54, 1.807) is 12.4 Å². The molecule has 1 aromatic heterocycles. The lowest BCUT2D eigenvalue weighted by Crippen LogP contribution is -2.05. The van der Waals surface area contributed by atoms with Gasteiger partial charge in [0.05, 0.1) is 24.2 Å². The van der Waals surface area contributed by atoms with Crippen molar-refractivity contribution < 1.29 is 4.74 Å². The lowest BCUT2D eigenvalue weighted by molar-refractivity contribution is 0.242. The Hall–Kier alpha value is -2.10. The number of ether oxygens (including phenoxy) is 1. The fourth-order valence-corrected chi connectivity index (χ4v) is 1.60. The predicted octanol–water partition coefficient (Wildman–Crippen LogP) is 2.44. The normalized spacial score (nSPS) is 10.6. The van der Waals surface area contributed by atoms with Crippen molar-refractivity contribution in [2.75, 3.05) is 5.73 Å². The van der Waals surface area contributed by atoms with Crippen molar-refractivity contribution in [1.29, 1.82) is 0 Å². The lowest BCUT2D eigenvalue weighted by atomic mass is 10.1. The van der Waals surface area contributed by atoms with E-state index in [-0.39, 0.29) is 6.10 Å². The molecule has 18 heavy (non-hydrogen) atoms. The summed E-state index contributed by atoms with van der Waals surface area (Å²) in [5.41, 5.74) is 7.28. The van der Waals surface area contributed by atoms with Crippen molar-refractivity contribution in [3.05, 3.63) is 48.0 Å². The Morgan fingerprint density at radius 1 is 1.11 bits per heavy atom. The van der Waals surface area contributed by atoms with Gasteiger partial charge < -0.3 is 10.5 Å². The quantitative estimate of drug-likeness (QED) is 0.896. The van der Waals surface area contributed by atoms with Crippen LogP contribution in [-0.4, -0.2) is 16.1 Å². The molecule has 1 aromatic carbocycles. The van der Waals surface area contributed by atoms with Crippen LogP contribution < -0.4 is 10.5 Å². The number of rotatable bonds is 4. The summed E-state index contributed by atoms with van der Waals surface area (Å²) < 4.78 is 5.59. The summed E-state index contributed by atoms with van der Waals surface area (Å²) in [6.07, 6.45) is 4.13. The van der Waals surface area contributed by atoms with Crippen molar-refractivity contribution in [3.8, 4) is 5.75 Å². The molecule has 2 N–H and O–H groups in total. The van der Waals surface area contributed by atoms with Gasteiger partial charge in [-0.25, -0.2) is 9.97 Å². The molecule has 0 aliphatic rings. The zero-order valence-electron chi connectivity index (χ0n) is 10.6. The number of benzene rings is 1. The Bertz CT molecular complexity index is 491. The summed E-state index contributed by atoms with van der Waals surface area (Å²) >= 11 is 0. The summed E-state index contributed by atoms with van der Waals surface area (Å²) in [6.45, 7) is 4.02. The van der Waals surface area contributed by atoms with Crippen molar-refractivity contribution in [1.82, 2.24) is 9.97 Å². The number of aromatic nitrogens is 2. The Morgan fingerprint density at radius 2 is 1.72 bits per heavy atom. The molecule has 2 rings (SSSR count). The lowest BCUT2D eigenvalue weighted by Gasteiger charge is -2.09. The van der Waals surface area contributed by atoms with E-state index in [9.17, 15) is 0 Å². The van der Waals surface area contributed by atoms with Crippen LogP contribution in [0.4, 0.5) is 5.69 Å². The molecular formula is C14H17N3O. The Morgan fingerprint density at radius 3 is 2.28 bits per heavy atom. The van der Waals surface area contributed by atoms with Crippen LogP contribution in [0, 0.1) is 0 Å². The van der Waals surface area contributed by atoms with Gasteiger partial charge in [-0.15, -0.1) is 0 Å². The average molecular weight is 243 g/mol. The van der Waals surface area contributed by atoms with Crippen molar-refractivity contribution >= 4 is 5.69 Å². The summed E-state index contributed by atoms with van der Waals surface area (Å²) in [5, 5.41) is 0. The topological polar surface area (TPSA) is 61.0 Å². The number of hydrogen-bond donors (Lipinski definition) is 1. The smallest absolute Gasteiger partial charge is 0.132 e. The first kappa shape index (κ1) is 12.4. The molecule has 0 saturated heterocycles. The van der Waals surface area contributed by atoms with Crippen LogP contribution in [0.3, 0.4) is 0 Å². The van der Waals surface area contributed by atoms with Crippen LogP contribution in [0.2, 0.25) is 0 Å². The minimum Gasteiger partial charge on any atom is -0.491 e. The van der Waals surface area contributed by atoms with E-state index in [0.717, 1.165) is 17.1 Å². The molecule has 0 unspecified atom stereocenters. The number of nitrogens with zero attached hydrogens (tertiary/aromatic N) is 2. The molecule has 2 aromatic rings. The van der Waals surface area contributed by atoms with Crippen LogP contribution >= 0.6 is 0 Å². The van der Waals surface area contributed by atoms with Gasteiger partial charge in [0.2, 0.25) is 0 Å². The molecule has 0 bridgehead atoms. The first-order chi connectivity index (χ1) is 8.63. The molecule has 4 nitrogen and oxygen atoms in total. The second kappa shape index (κ2) is 5.49. The molecule has 94 valence electrons. The van der Waals surface area contributed by atoms with E-state index in [2.05, 4.69) is 9.97 Å². The number of nitrogen functional groups attached to an aromatic ring is 1. The summed E-state index contributed by atoms with van der Waals surface area (Å²) in [7, 11) is 0. The summed E-state index contributed by atoms with van der Waals surface area (Å²) in [6, 6.07) is 7.98. The largest absolute Gasteiger partial charge is 0.491 e. The number of nitrogens with two attached hydrogens (primary N) is 1. The maximum atomic E-state index is 5.59. The molecule has 0 atom stereocenters.